The maximum Gasteiger partial charge on any atom is 0.0810 e. The van der Waals surface area contributed by atoms with Gasteiger partial charge in [0.25, 0.3) is 0 Å². The Bertz CT molecular complexity index is 351. The third kappa shape index (κ3) is 3.19. The predicted octanol–water partition coefficient (Wildman–Crippen LogP) is 2.66. The van der Waals surface area contributed by atoms with Crippen LogP contribution in [0.3, 0.4) is 0 Å². The number of hydrogen-bond acceptors (Lipinski definition) is 3. The van der Waals surface area contributed by atoms with Crippen molar-refractivity contribution < 1.29 is 4.74 Å². The van der Waals surface area contributed by atoms with Gasteiger partial charge >= 0.3 is 0 Å². The first-order valence-electron chi connectivity index (χ1n) is 6.09. The standard InChI is InChI=1S/C13H19ClN2O/c1-2-17-13(10-3-4-10)12(16-15)9-5-7-11(14)8-6-9/h5-8,10,12-13,16H,2-4,15H2,1H3. The number of nitrogens with one attached hydrogen (secondary N) is 1. The van der Waals surface area contributed by atoms with Crippen molar-refractivity contribution in [3.8, 4) is 0 Å². The van der Waals surface area contributed by atoms with Gasteiger partial charge in [0.2, 0.25) is 0 Å². The molecule has 4 heteroatoms. The number of hydrazine groups is 1. The summed E-state index contributed by atoms with van der Waals surface area (Å²) in [5, 5.41) is 0.740. The number of nitrogens with two attached hydrogens (primary N) is 1. The molecule has 3 N–H and O–H groups in total. The van der Waals surface area contributed by atoms with E-state index in [1.807, 2.05) is 31.2 Å². The zero-order chi connectivity index (χ0) is 12.3. The predicted molar refractivity (Wildman–Crippen MR) is 69.7 cm³/mol. The smallest absolute Gasteiger partial charge is 0.0810 e. The Morgan fingerprint density at radius 3 is 2.53 bits per heavy atom. The molecule has 0 bridgehead atoms. The Hall–Kier alpha value is -0.610. The molecule has 0 aliphatic heterocycles. The molecule has 0 amide bonds. The lowest BCUT2D eigenvalue weighted by Gasteiger charge is -2.26. The van der Waals surface area contributed by atoms with E-state index in [-0.39, 0.29) is 12.1 Å². The second-order valence-electron chi connectivity index (χ2n) is 4.45. The minimum Gasteiger partial charge on any atom is -0.376 e. The van der Waals surface area contributed by atoms with Crippen molar-refractivity contribution in [2.24, 2.45) is 11.8 Å². The highest BCUT2D eigenvalue weighted by Gasteiger charge is 2.37. The molecule has 2 atom stereocenters. The van der Waals surface area contributed by atoms with Gasteiger partial charge < -0.3 is 4.74 Å². The molecule has 3 nitrogen and oxygen atoms in total. The highest BCUT2D eigenvalue weighted by Crippen LogP contribution is 2.39. The summed E-state index contributed by atoms with van der Waals surface area (Å²) in [5.41, 5.74) is 4.00. The average Bonchev–Trinajstić information content (AvgIpc) is 3.15. The molecule has 0 heterocycles. The lowest BCUT2D eigenvalue weighted by atomic mass is 9.98. The SMILES string of the molecule is CCOC(C1CC1)C(NN)c1ccc(Cl)cc1. The molecular weight excluding hydrogens is 236 g/mol. The van der Waals surface area contributed by atoms with Crippen molar-refractivity contribution in [1.29, 1.82) is 0 Å². The van der Waals surface area contributed by atoms with Crippen LogP contribution in [-0.4, -0.2) is 12.7 Å². The fourth-order valence-corrected chi connectivity index (χ4v) is 2.30. The van der Waals surface area contributed by atoms with Crippen LogP contribution in [-0.2, 0) is 4.74 Å². The second-order valence-corrected chi connectivity index (χ2v) is 4.89. The van der Waals surface area contributed by atoms with Gasteiger partial charge in [0.05, 0.1) is 12.1 Å². The Balaban J connectivity index is 2.15. The zero-order valence-electron chi connectivity index (χ0n) is 10.0. The minimum atomic E-state index is 0.0414. The van der Waals surface area contributed by atoms with E-state index < -0.39 is 0 Å². The van der Waals surface area contributed by atoms with Crippen LogP contribution in [0, 0.1) is 5.92 Å². The van der Waals surface area contributed by atoms with E-state index >= 15 is 0 Å². The second kappa shape index (κ2) is 5.83. The summed E-state index contributed by atoms with van der Waals surface area (Å²) in [5.74, 6) is 6.31. The molecule has 1 fully saturated rings. The van der Waals surface area contributed by atoms with Crippen LogP contribution in [0.1, 0.15) is 31.4 Å². The van der Waals surface area contributed by atoms with Gasteiger partial charge in [0.1, 0.15) is 0 Å². The molecule has 0 radical (unpaired) electrons. The lowest BCUT2D eigenvalue weighted by molar-refractivity contribution is 0.0185. The molecule has 1 aliphatic carbocycles. The van der Waals surface area contributed by atoms with Gasteiger partial charge in [-0.25, -0.2) is 0 Å². The van der Waals surface area contributed by atoms with E-state index in [0.29, 0.717) is 12.5 Å². The molecule has 1 aromatic carbocycles. The van der Waals surface area contributed by atoms with Crippen LogP contribution in [0.5, 0.6) is 0 Å². The lowest BCUT2D eigenvalue weighted by Crippen LogP contribution is -2.39. The monoisotopic (exact) mass is 254 g/mol. The first kappa shape index (κ1) is 12.8. The van der Waals surface area contributed by atoms with Crippen molar-refractivity contribution in [2.45, 2.75) is 31.9 Å². The number of hydrogen-bond donors (Lipinski definition) is 2. The van der Waals surface area contributed by atoms with E-state index in [2.05, 4.69) is 5.43 Å². The molecular formula is C13H19ClN2O. The molecule has 0 spiro atoms. The van der Waals surface area contributed by atoms with Crippen LogP contribution in [0.25, 0.3) is 0 Å². The maximum absolute atomic E-state index is 5.89. The summed E-state index contributed by atoms with van der Waals surface area (Å²) in [6, 6.07) is 7.82. The molecule has 2 unspecified atom stereocenters. The Kier molecular flexibility index (Phi) is 4.40. The topological polar surface area (TPSA) is 47.3 Å². The van der Waals surface area contributed by atoms with Crippen LogP contribution in [0.15, 0.2) is 24.3 Å². The van der Waals surface area contributed by atoms with Crippen molar-refractivity contribution in [3.63, 3.8) is 0 Å². The van der Waals surface area contributed by atoms with Gasteiger partial charge in [0, 0.05) is 11.6 Å². The van der Waals surface area contributed by atoms with Crippen molar-refractivity contribution >= 4 is 11.6 Å². The molecule has 94 valence electrons. The van der Waals surface area contributed by atoms with E-state index in [1.54, 1.807) is 0 Å². The van der Waals surface area contributed by atoms with Gasteiger partial charge in [-0.3, -0.25) is 11.3 Å². The summed E-state index contributed by atoms with van der Waals surface area (Å²) in [4.78, 5) is 0. The summed E-state index contributed by atoms with van der Waals surface area (Å²) < 4.78 is 5.83. The quantitative estimate of drug-likeness (QED) is 0.606. The van der Waals surface area contributed by atoms with Gasteiger partial charge in [-0.1, -0.05) is 23.7 Å². The summed E-state index contributed by atoms with van der Waals surface area (Å²) in [7, 11) is 0. The Morgan fingerprint density at radius 2 is 2.06 bits per heavy atom. The Labute approximate surface area is 107 Å². The van der Waals surface area contributed by atoms with Gasteiger partial charge in [-0.15, -0.1) is 0 Å². The number of ether oxygens (including phenoxy) is 1. The number of rotatable bonds is 6. The minimum absolute atomic E-state index is 0.0414. The summed E-state index contributed by atoms with van der Waals surface area (Å²) in [6.07, 6.45) is 2.62. The first-order chi connectivity index (χ1) is 8.26. The Morgan fingerprint density at radius 1 is 1.41 bits per heavy atom. The third-order valence-corrected chi connectivity index (χ3v) is 3.43. The summed E-state index contributed by atoms with van der Waals surface area (Å²) in [6.45, 7) is 2.73. The zero-order valence-corrected chi connectivity index (χ0v) is 10.8. The van der Waals surface area contributed by atoms with Gasteiger partial charge in [0.15, 0.2) is 0 Å². The fourth-order valence-electron chi connectivity index (χ4n) is 2.17. The van der Waals surface area contributed by atoms with Crippen molar-refractivity contribution in [3.05, 3.63) is 34.9 Å². The molecule has 0 saturated heterocycles. The van der Waals surface area contributed by atoms with Crippen LogP contribution in [0.4, 0.5) is 0 Å². The fraction of sp³-hybridized carbons (Fsp3) is 0.538. The molecule has 2 rings (SSSR count). The van der Waals surface area contributed by atoms with Crippen molar-refractivity contribution in [1.82, 2.24) is 5.43 Å². The molecule has 17 heavy (non-hydrogen) atoms. The van der Waals surface area contributed by atoms with Crippen molar-refractivity contribution in [2.75, 3.05) is 6.61 Å². The van der Waals surface area contributed by atoms with Gasteiger partial charge in [-0.05, 0) is 43.4 Å². The highest BCUT2D eigenvalue weighted by atomic mass is 35.5. The van der Waals surface area contributed by atoms with Gasteiger partial charge in [-0.2, -0.15) is 0 Å². The largest absolute Gasteiger partial charge is 0.376 e. The molecule has 1 aliphatic rings. The first-order valence-corrected chi connectivity index (χ1v) is 6.47. The average molecular weight is 255 g/mol. The number of halogens is 1. The highest BCUT2D eigenvalue weighted by molar-refractivity contribution is 6.30. The van der Waals surface area contributed by atoms with E-state index in [1.165, 1.54) is 12.8 Å². The summed E-state index contributed by atoms with van der Waals surface area (Å²) >= 11 is 5.89. The van der Waals surface area contributed by atoms with Crippen LogP contribution in [0.2, 0.25) is 5.02 Å². The van der Waals surface area contributed by atoms with E-state index in [0.717, 1.165) is 10.6 Å². The molecule has 1 aromatic rings. The normalized spacial score (nSPS) is 19.0. The van der Waals surface area contributed by atoms with E-state index in [4.69, 9.17) is 22.2 Å². The van der Waals surface area contributed by atoms with Crippen LogP contribution >= 0.6 is 11.6 Å². The molecule has 1 saturated carbocycles. The van der Waals surface area contributed by atoms with E-state index in [9.17, 15) is 0 Å². The van der Waals surface area contributed by atoms with Crippen LogP contribution < -0.4 is 11.3 Å². The number of benzene rings is 1. The molecule has 0 aromatic heterocycles. The maximum atomic E-state index is 5.89. The third-order valence-electron chi connectivity index (χ3n) is 3.18.